The van der Waals surface area contributed by atoms with Crippen molar-refractivity contribution in [1.82, 2.24) is 5.32 Å². The maximum absolute atomic E-state index is 12.1. The van der Waals surface area contributed by atoms with Gasteiger partial charge in [0.25, 0.3) is 0 Å². The van der Waals surface area contributed by atoms with E-state index in [4.69, 9.17) is 9.47 Å². The average Bonchev–Trinajstić information content (AvgIpc) is 2.96. The number of carbonyl (C=O) groups excluding carboxylic acids is 2. The molecule has 2 aromatic rings. The third-order valence-corrected chi connectivity index (χ3v) is 4.19. The Labute approximate surface area is 134 Å². The summed E-state index contributed by atoms with van der Waals surface area (Å²) >= 11 is 0. The Kier molecular flexibility index (Phi) is 4.19. The lowest BCUT2D eigenvalue weighted by Gasteiger charge is -2.23. The van der Waals surface area contributed by atoms with Crippen LogP contribution < -0.4 is 5.32 Å². The van der Waals surface area contributed by atoms with Gasteiger partial charge in [-0.25, -0.2) is 9.59 Å². The number of hydrogen-bond donors (Lipinski definition) is 1. The van der Waals surface area contributed by atoms with Crippen molar-refractivity contribution in [2.24, 2.45) is 0 Å². The monoisotopic (exact) mass is 313 g/mol. The fourth-order valence-corrected chi connectivity index (χ4v) is 3.08. The average molecular weight is 313 g/mol. The van der Waals surface area contributed by atoms with E-state index in [1.165, 1.54) is 0 Å². The maximum atomic E-state index is 12.1. The van der Waals surface area contributed by atoms with Gasteiger partial charge in [-0.05, 0) is 23.3 Å². The number of carbonyl (C=O) groups is 2. The van der Waals surface area contributed by atoms with Crippen molar-refractivity contribution < 1.29 is 19.1 Å². The number of fused-ring (bicyclic) bond motifs is 1. The highest BCUT2D eigenvalue weighted by Gasteiger charge is 2.44. The molecule has 1 amide bonds. The van der Waals surface area contributed by atoms with Gasteiger partial charge in [-0.1, -0.05) is 49.4 Å². The zero-order valence-electron chi connectivity index (χ0n) is 13.1. The molecule has 0 bridgehead atoms. The molecule has 0 saturated carbocycles. The standard InChI is InChI=1S/C18H19NO4/c1-3-22-17(20)15-16(23-18(21)19-15)11(2)13-10-6-8-12-7-4-5-9-14(12)13/h4-11,15-16H,3H2,1-2H3,(H,19,21). The summed E-state index contributed by atoms with van der Waals surface area (Å²) in [4.78, 5) is 23.7. The van der Waals surface area contributed by atoms with Crippen LogP contribution in [0.5, 0.6) is 0 Å². The molecule has 1 aliphatic rings. The van der Waals surface area contributed by atoms with Crippen molar-refractivity contribution in [2.75, 3.05) is 6.61 Å². The first kappa shape index (κ1) is 15.3. The van der Waals surface area contributed by atoms with Crippen LogP contribution in [-0.2, 0) is 14.3 Å². The molecule has 120 valence electrons. The Bertz CT molecular complexity index is 737. The van der Waals surface area contributed by atoms with Gasteiger partial charge in [-0.2, -0.15) is 0 Å². The summed E-state index contributed by atoms with van der Waals surface area (Å²) in [6.07, 6.45) is -1.17. The minimum absolute atomic E-state index is 0.144. The largest absolute Gasteiger partial charge is 0.464 e. The summed E-state index contributed by atoms with van der Waals surface area (Å²) in [5, 5.41) is 4.76. The quantitative estimate of drug-likeness (QED) is 0.881. The van der Waals surface area contributed by atoms with E-state index in [-0.39, 0.29) is 12.5 Å². The maximum Gasteiger partial charge on any atom is 0.408 e. The van der Waals surface area contributed by atoms with Crippen LogP contribution in [0.2, 0.25) is 0 Å². The molecule has 0 aliphatic carbocycles. The summed E-state index contributed by atoms with van der Waals surface area (Å²) < 4.78 is 10.4. The topological polar surface area (TPSA) is 64.6 Å². The number of ether oxygens (including phenoxy) is 2. The number of alkyl carbamates (subject to hydrolysis) is 1. The van der Waals surface area contributed by atoms with Crippen molar-refractivity contribution in [3.8, 4) is 0 Å². The molecule has 5 nitrogen and oxygen atoms in total. The van der Waals surface area contributed by atoms with Crippen LogP contribution in [0.4, 0.5) is 4.79 Å². The Balaban J connectivity index is 1.95. The first-order valence-corrected chi connectivity index (χ1v) is 7.73. The number of esters is 1. The zero-order chi connectivity index (χ0) is 16.4. The molecule has 3 atom stereocenters. The summed E-state index contributed by atoms with van der Waals surface area (Å²) in [5.74, 6) is -0.607. The molecule has 3 rings (SSSR count). The Morgan fingerprint density at radius 1 is 1.26 bits per heavy atom. The summed E-state index contributed by atoms with van der Waals surface area (Å²) in [6.45, 7) is 3.96. The molecule has 23 heavy (non-hydrogen) atoms. The van der Waals surface area contributed by atoms with Crippen LogP contribution in [0.3, 0.4) is 0 Å². The fourth-order valence-electron chi connectivity index (χ4n) is 3.08. The van der Waals surface area contributed by atoms with E-state index in [9.17, 15) is 9.59 Å². The molecule has 5 heteroatoms. The van der Waals surface area contributed by atoms with E-state index in [1.807, 2.05) is 49.4 Å². The van der Waals surface area contributed by atoms with Crippen molar-refractivity contribution in [2.45, 2.75) is 31.9 Å². The highest BCUT2D eigenvalue weighted by molar-refractivity contribution is 5.88. The van der Waals surface area contributed by atoms with E-state index in [0.29, 0.717) is 0 Å². The second kappa shape index (κ2) is 6.28. The summed E-state index contributed by atoms with van der Waals surface area (Å²) in [6, 6.07) is 13.2. The van der Waals surface area contributed by atoms with E-state index < -0.39 is 24.2 Å². The number of hydrogen-bond acceptors (Lipinski definition) is 4. The molecule has 0 spiro atoms. The minimum Gasteiger partial charge on any atom is -0.464 e. The summed E-state index contributed by atoms with van der Waals surface area (Å²) in [5.41, 5.74) is 1.04. The van der Waals surface area contributed by atoms with Crippen LogP contribution in [-0.4, -0.2) is 30.8 Å². The van der Waals surface area contributed by atoms with Crippen molar-refractivity contribution in [3.63, 3.8) is 0 Å². The van der Waals surface area contributed by atoms with Crippen LogP contribution in [0.25, 0.3) is 10.8 Å². The van der Waals surface area contributed by atoms with E-state index in [2.05, 4.69) is 5.32 Å². The molecular formula is C18H19NO4. The number of benzene rings is 2. The Morgan fingerprint density at radius 2 is 2.00 bits per heavy atom. The molecule has 1 N–H and O–H groups in total. The van der Waals surface area contributed by atoms with Crippen molar-refractivity contribution in [3.05, 3.63) is 48.0 Å². The van der Waals surface area contributed by atoms with Gasteiger partial charge in [0.05, 0.1) is 6.61 Å². The molecule has 0 radical (unpaired) electrons. The van der Waals surface area contributed by atoms with Crippen LogP contribution in [0.15, 0.2) is 42.5 Å². The second-order valence-corrected chi connectivity index (χ2v) is 5.60. The lowest BCUT2D eigenvalue weighted by molar-refractivity contribution is -0.146. The van der Waals surface area contributed by atoms with Crippen LogP contribution in [0, 0.1) is 0 Å². The highest BCUT2D eigenvalue weighted by Crippen LogP contribution is 2.32. The normalized spacial score (nSPS) is 21.6. The van der Waals surface area contributed by atoms with Crippen LogP contribution in [0.1, 0.15) is 25.3 Å². The van der Waals surface area contributed by atoms with Gasteiger partial charge in [-0.15, -0.1) is 0 Å². The molecule has 1 aliphatic heterocycles. The number of rotatable bonds is 4. The third kappa shape index (κ3) is 2.86. The molecular weight excluding hydrogens is 294 g/mol. The zero-order valence-corrected chi connectivity index (χ0v) is 13.1. The van der Waals surface area contributed by atoms with E-state index in [1.54, 1.807) is 6.92 Å². The van der Waals surface area contributed by atoms with Gasteiger partial charge in [0, 0.05) is 5.92 Å². The van der Waals surface area contributed by atoms with Gasteiger partial charge in [0.1, 0.15) is 6.10 Å². The first-order valence-electron chi connectivity index (χ1n) is 7.73. The second-order valence-electron chi connectivity index (χ2n) is 5.60. The lowest BCUT2D eigenvalue weighted by atomic mass is 9.88. The first-order chi connectivity index (χ1) is 11.1. The number of cyclic esters (lactones) is 1. The molecule has 1 saturated heterocycles. The number of nitrogens with one attached hydrogen (secondary N) is 1. The van der Waals surface area contributed by atoms with E-state index >= 15 is 0 Å². The smallest absolute Gasteiger partial charge is 0.408 e. The van der Waals surface area contributed by atoms with E-state index in [0.717, 1.165) is 16.3 Å². The van der Waals surface area contributed by atoms with Gasteiger partial charge in [-0.3, -0.25) is 0 Å². The third-order valence-electron chi connectivity index (χ3n) is 4.19. The fraction of sp³-hybridized carbons (Fsp3) is 0.333. The van der Waals surface area contributed by atoms with Gasteiger partial charge in [0.15, 0.2) is 6.04 Å². The molecule has 3 unspecified atom stereocenters. The van der Waals surface area contributed by atoms with Crippen molar-refractivity contribution >= 4 is 22.8 Å². The lowest BCUT2D eigenvalue weighted by Crippen LogP contribution is -2.42. The van der Waals surface area contributed by atoms with Crippen LogP contribution >= 0.6 is 0 Å². The Hall–Kier alpha value is -2.56. The predicted molar refractivity (Wildman–Crippen MR) is 86.2 cm³/mol. The van der Waals surface area contributed by atoms with Crippen molar-refractivity contribution in [1.29, 1.82) is 0 Å². The molecule has 0 aromatic heterocycles. The SMILES string of the molecule is CCOC(=O)C1NC(=O)OC1C(C)c1cccc2ccccc12. The van der Waals surface area contributed by atoms with Gasteiger partial charge >= 0.3 is 12.1 Å². The molecule has 2 aromatic carbocycles. The highest BCUT2D eigenvalue weighted by atomic mass is 16.6. The molecule has 1 heterocycles. The minimum atomic E-state index is -0.781. The molecule has 1 fully saturated rings. The summed E-state index contributed by atoms with van der Waals surface area (Å²) in [7, 11) is 0. The van der Waals surface area contributed by atoms with Gasteiger partial charge < -0.3 is 14.8 Å². The van der Waals surface area contributed by atoms with Gasteiger partial charge in [0.2, 0.25) is 0 Å². The number of amides is 1. The predicted octanol–water partition coefficient (Wildman–Crippen LogP) is 2.98. The Morgan fingerprint density at radius 3 is 2.78 bits per heavy atom.